The summed E-state index contributed by atoms with van der Waals surface area (Å²) in [6.07, 6.45) is 0. The molecule has 0 unspecified atom stereocenters. The Labute approximate surface area is 156 Å². The third-order valence-corrected chi connectivity index (χ3v) is 8.86. The molecule has 0 aliphatic rings. The molecule has 2 heteroatoms. The number of benzene rings is 4. The summed E-state index contributed by atoms with van der Waals surface area (Å²) in [6.45, 7) is 0. The molecule has 0 N–H and O–H groups in total. The lowest BCUT2D eigenvalue weighted by molar-refractivity contribution is 1.11. The molecule has 0 amide bonds. The second-order valence-electron chi connectivity index (χ2n) is 6.01. The van der Waals surface area contributed by atoms with Crippen molar-refractivity contribution >= 4 is 28.5 Å². The van der Waals surface area contributed by atoms with Gasteiger partial charge in [-0.1, -0.05) is 72.8 Å². The number of hydrogen-bond acceptors (Lipinski definition) is 0. The van der Waals surface area contributed by atoms with Gasteiger partial charge in [-0.3, -0.25) is 4.70 Å². The summed E-state index contributed by atoms with van der Waals surface area (Å²) in [4.78, 5) is 0. The molecule has 0 aliphatic carbocycles. The highest BCUT2D eigenvalue weighted by molar-refractivity contribution is 8.01. The van der Waals surface area contributed by atoms with Crippen molar-refractivity contribution in [2.75, 3.05) is 0 Å². The zero-order valence-electron chi connectivity index (χ0n) is 15.4. The summed E-state index contributed by atoms with van der Waals surface area (Å²) in [5.41, 5.74) is 0. The fourth-order valence-corrected chi connectivity index (χ4v) is 7.77. The first-order valence-electron chi connectivity index (χ1n) is 8.54. The van der Waals surface area contributed by atoms with Crippen LogP contribution in [-0.2, 0) is 0 Å². The molecule has 0 saturated carbocycles. The van der Waals surface area contributed by atoms with E-state index in [4.69, 9.17) is 0 Å². The van der Waals surface area contributed by atoms with Crippen LogP contribution in [0.25, 0.3) is 0 Å². The standard InChI is InChI=1S/C24H20P.FH/c1-5-13-21(14-6-1)25(22-15-7-2-8-16-22,23-17-9-3-10-18-23)24-19-11-4-12-20-24;/h1-20H;1H/q+1;/p+1. The van der Waals surface area contributed by atoms with Crippen molar-refractivity contribution in [2.45, 2.75) is 0 Å². The summed E-state index contributed by atoms with van der Waals surface area (Å²) in [6, 6.07) is 43.8. The molecule has 0 saturated heterocycles. The first-order valence-corrected chi connectivity index (χ1v) is 10.3. The second-order valence-corrected chi connectivity index (χ2v) is 9.42. The van der Waals surface area contributed by atoms with E-state index in [1.54, 1.807) is 0 Å². The predicted molar refractivity (Wildman–Crippen MR) is 115 cm³/mol. The quantitative estimate of drug-likeness (QED) is 0.468. The highest BCUT2D eigenvalue weighted by Gasteiger charge is 2.47. The first-order chi connectivity index (χ1) is 12.4. The number of hydrogen-bond donors (Lipinski definition) is 0. The van der Waals surface area contributed by atoms with Gasteiger partial charge in [0.15, 0.2) is 0 Å². The van der Waals surface area contributed by atoms with Crippen LogP contribution in [0.1, 0.15) is 1.43 Å². The maximum Gasteiger partial charge on any atom is 1.00 e. The fraction of sp³-hybridized carbons (Fsp3) is 0. The van der Waals surface area contributed by atoms with Gasteiger partial charge in [0.05, 0.1) is 0 Å². The third kappa shape index (κ3) is 3.07. The van der Waals surface area contributed by atoms with Crippen molar-refractivity contribution in [1.29, 1.82) is 0 Å². The van der Waals surface area contributed by atoms with Crippen molar-refractivity contribution < 1.29 is 6.13 Å². The van der Waals surface area contributed by atoms with Gasteiger partial charge in [-0.2, -0.15) is 0 Å². The van der Waals surface area contributed by atoms with Crippen LogP contribution in [0.2, 0.25) is 0 Å². The lowest BCUT2D eigenvalue weighted by Gasteiger charge is -2.27. The van der Waals surface area contributed by atoms with Gasteiger partial charge in [-0.25, -0.2) is 0 Å². The van der Waals surface area contributed by atoms with E-state index in [1.807, 2.05) is 0 Å². The Morgan fingerprint density at radius 1 is 0.346 bits per heavy atom. The van der Waals surface area contributed by atoms with Crippen molar-refractivity contribution in [1.82, 2.24) is 0 Å². The van der Waals surface area contributed by atoms with Crippen LogP contribution < -0.4 is 21.2 Å². The topological polar surface area (TPSA) is 0 Å². The van der Waals surface area contributed by atoms with Gasteiger partial charge < -0.3 is 0 Å². The molecule has 0 bridgehead atoms. The molecule has 26 heavy (non-hydrogen) atoms. The lowest BCUT2D eigenvalue weighted by Crippen LogP contribution is -2.38. The fourth-order valence-electron chi connectivity index (χ4n) is 3.50. The molecule has 0 radical (unpaired) electrons. The lowest BCUT2D eigenvalue weighted by atomic mass is 10.3. The van der Waals surface area contributed by atoms with E-state index in [9.17, 15) is 0 Å². The van der Waals surface area contributed by atoms with Crippen LogP contribution in [0.15, 0.2) is 121 Å². The Balaban J connectivity index is 0.00000131. The Hall–Kier alpha value is -2.76. The summed E-state index contributed by atoms with van der Waals surface area (Å²) in [5.74, 6) is 0. The Kier molecular flexibility index (Phi) is 5.61. The zero-order valence-corrected chi connectivity index (χ0v) is 15.3. The van der Waals surface area contributed by atoms with Gasteiger partial charge in [0.25, 0.3) is 0 Å². The minimum absolute atomic E-state index is 0. The molecule has 4 aromatic rings. The largest absolute Gasteiger partial charge is 1.00 e. The SMILES string of the molecule is F.[H+].c1ccc([P+](c2ccccc2)(c2ccccc2)c2ccccc2)cc1. The predicted octanol–water partition coefficient (Wildman–Crippen LogP) is 4.57. The average Bonchev–Trinajstić information content (AvgIpc) is 2.72. The average molecular weight is 360 g/mol. The maximum atomic E-state index is 2.28. The first kappa shape index (κ1) is 18.0. The molecule has 0 spiro atoms. The maximum absolute atomic E-state index is 2.28. The third-order valence-electron chi connectivity index (χ3n) is 4.57. The number of halogens is 1. The Morgan fingerprint density at radius 3 is 0.731 bits per heavy atom. The van der Waals surface area contributed by atoms with Gasteiger partial charge in [-0.15, -0.1) is 0 Å². The van der Waals surface area contributed by atoms with Gasteiger partial charge in [0, 0.05) is 0 Å². The second kappa shape index (κ2) is 8.08. The highest BCUT2D eigenvalue weighted by atomic mass is 31.2. The Morgan fingerprint density at radius 2 is 0.538 bits per heavy atom. The van der Waals surface area contributed by atoms with E-state index >= 15 is 0 Å². The summed E-state index contributed by atoms with van der Waals surface area (Å²) >= 11 is 0. The van der Waals surface area contributed by atoms with Crippen LogP contribution in [-0.4, -0.2) is 0 Å². The normalized spacial score (nSPS) is 10.8. The molecule has 4 rings (SSSR count). The van der Waals surface area contributed by atoms with Crippen molar-refractivity contribution in [3.05, 3.63) is 121 Å². The minimum Gasteiger partial charge on any atom is -0.269 e. The van der Waals surface area contributed by atoms with E-state index in [1.165, 1.54) is 21.2 Å². The Bertz CT molecular complexity index is 765. The van der Waals surface area contributed by atoms with Crippen LogP contribution in [0.3, 0.4) is 0 Å². The summed E-state index contributed by atoms with van der Waals surface area (Å²) in [5, 5.41) is 5.55. The monoisotopic (exact) mass is 360 g/mol. The van der Waals surface area contributed by atoms with Gasteiger partial charge >= 0.3 is 1.43 Å². The van der Waals surface area contributed by atoms with Crippen LogP contribution in [0.5, 0.6) is 0 Å². The summed E-state index contributed by atoms with van der Waals surface area (Å²) in [7, 11) is -1.91. The molecule has 0 atom stereocenters. The molecule has 0 aliphatic heterocycles. The van der Waals surface area contributed by atoms with Crippen LogP contribution >= 0.6 is 7.26 Å². The smallest absolute Gasteiger partial charge is 0.269 e. The molecular weight excluding hydrogens is 338 g/mol. The van der Waals surface area contributed by atoms with Gasteiger partial charge in [0.2, 0.25) is 0 Å². The molecule has 0 heterocycles. The molecule has 0 fully saturated rings. The molecule has 4 aromatic carbocycles. The molecule has 0 aromatic heterocycles. The molecular formula is C24H22FP+2. The summed E-state index contributed by atoms with van der Waals surface area (Å²) < 4.78 is 0. The molecule has 128 valence electrons. The van der Waals surface area contributed by atoms with Crippen molar-refractivity contribution in [2.24, 2.45) is 0 Å². The van der Waals surface area contributed by atoms with Crippen molar-refractivity contribution in [3.63, 3.8) is 0 Å². The molecule has 0 nitrogen and oxygen atoms in total. The van der Waals surface area contributed by atoms with Crippen molar-refractivity contribution in [3.8, 4) is 0 Å². The van der Waals surface area contributed by atoms with E-state index in [-0.39, 0.29) is 6.13 Å². The minimum atomic E-state index is -1.91. The van der Waals surface area contributed by atoms with Gasteiger partial charge in [-0.05, 0) is 48.5 Å². The van der Waals surface area contributed by atoms with Crippen LogP contribution in [0, 0.1) is 0 Å². The van der Waals surface area contributed by atoms with E-state index in [0.29, 0.717) is 0 Å². The van der Waals surface area contributed by atoms with E-state index in [0.717, 1.165) is 0 Å². The highest BCUT2D eigenvalue weighted by Crippen LogP contribution is 2.53. The van der Waals surface area contributed by atoms with E-state index < -0.39 is 7.26 Å². The van der Waals surface area contributed by atoms with Crippen LogP contribution in [0.4, 0.5) is 4.70 Å². The van der Waals surface area contributed by atoms with E-state index in [2.05, 4.69) is 121 Å². The van der Waals surface area contributed by atoms with Gasteiger partial charge in [0.1, 0.15) is 28.5 Å². The zero-order chi connectivity index (χ0) is 17.0. The number of rotatable bonds is 4.